The number of rotatable bonds is 6. The molecule has 1 saturated heterocycles. The Labute approximate surface area is 217 Å². The average Bonchev–Trinajstić information content (AvgIpc) is 3.23. The maximum absolute atomic E-state index is 6.68. The monoisotopic (exact) mass is 504 g/mol. The van der Waals surface area contributed by atoms with E-state index in [9.17, 15) is 0 Å². The fraction of sp³-hybridized carbons (Fsp3) is 0.276. The van der Waals surface area contributed by atoms with Crippen molar-refractivity contribution in [3.05, 3.63) is 111 Å². The normalized spacial score (nSPS) is 15.1. The highest BCUT2D eigenvalue weighted by molar-refractivity contribution is 6.32. The summed E-state index contributed by atoms with van der Waals surface area (Å²) in [5.74, 6) is 1.02. The smallest absolute Gasteiger partial charge is 0.141 e. The van der Waals surface area contributed by atoms with Gasteiger partial charge in [0.25, 0.3) is 0 Å². The molecule has 0 saturated carbocycles. The SMILES string of the molecule is Cc1ccc(-c2ncc(C)n2CN2CCN(C(c3ccccc3Cl)c3ccccc3Cl)CC2)cc1. The molecule has 6 heteroatoms. The fourth-order valence-corrected chi connectivity index (χ4v) is 5.37. The summed E-state index contributed by atoms with van der Waals surface area (Å²) in [5, 5.41) is 1.55. The van der Waals surface area contributed by atoms with Crippen molar-refractivity contribution in [2.24, 2.45) is 0 Å². The standard InChI is InChI=1S/C29H30Cl2N4/c1-21-11-13-23(14-12-21)29-32-19-22(2)35(29)20-33-15-17-34(18-16-33)28(24-7-3-5-9-26(24)30)25-8-4-6-10-27(25)31/h3-14,19,28H,15-18,20H2,1-2H3. The van der Waals surface area contributed by atoms with Gasteiger partial charge in [-0.2, -0.15) is 0 Å². The lowest BCUT2D eigenvalue weighted by molar-refractivity contribution is 0.0884. The predicted octanol–water partition coefficient (Wildman–Crippen LogP) is 6.84. The average molecular weight is 505 g/mol. The molecule has 0 aliphatic carbocycles. The highest BCUT2D eigenvalue weighted by Gasteiger charge is 2.29. The molecule has 1 fully saturated rings. The highest BCUT2D eigenvalue weighted by Crippen LogP contribution is 2.37. The number of halogens is 2. The molecule has 0 amide bonds. The predicted molar refractivity (Wildman–Crippen MR) is 145 cm³/mol. The first-order chi connectivity index (χ1) is 17.0. The Balaban J connectivity index is 1.35. The van der Waals surface area contributed by atoms with Crippen LogP contribution in [-0.2, 0) is 6.67 Å². The van der Waals surface area contributed by atoms with E-state index in [0.717, 1.165) is 65.4 Å². The second kappa shape index (κ2) is 10.5. The third-order valence-electron chi connectivity index (χ3n) is 6.88. The Morgan fingerprint density at radius 2 is 1.34 bits per heavy atom. The first-order valence-electron chi connectivity index (χ1n) is 12.1. The van der Waals surface area contributed by atoms with Gasteiger partial charge >= 0.3 is 0 Å². The summed E-state index contributed by atoms with van der Waals surface area (Å²) in [5.41, 5.74) is 5.78. The van der Waals surface area contributed by atoms with E-state index in [0.29, 0.717) is 0 Å². The van der Waals surface area contributed by atoms with E-state index in [2.05, 4.69) is 76.7 Å². The number of aryl methyl sites for hydroxylation is 2. The summed E-state index contributed by atoms with van der Waals surface area (Å²) in [4.78, 5) is 9.72. The van der Waals surface area contributed by atoms with Crippen LogP contribution in [0.4, 0.5) is 0 Å². The fourth-order valence-electron chi connectivity index (χ4n) is 4.89. The van der Waals surface area contributed by atoms with Gasteiger partial charge in [0, 0.05) is 53.7 Å². The summed E-state index contributed by atoms with van der Waals surface area (Å²) in [6.07, 6.45) is 1.97. The van der Waals surface area contributed by atoms with Gasteiger partial charge in [0.05, 0.1) is 12.7 Å². The van der Waals surface area contributed by atoms with Gasteiger partial charge in [-0.25, -0.2) is 4.98 Å². The van der Waals surface area contributed by atoms with Gasteiger partial charge < -0.3 is 4.57 Å². The van der Waals surface area contributed by atoms with E-state index >= 15 is 0 Å². The van der Waals surface area contributed by atoms with Crippen LogP contribution in [0.15, 0.2) is 79.0 Å². The Hall–Kier alpha value is -2.63. The van der Waals surface area contributed by atoms with Crippen molar-refractivity contribution < 1.29 is 0 Å². The molecular weight excluding hydrogens is 475 g/mol. The van der Waals surface area contributed by atoms with Crippen molar-refractivity contribution in [1.29, 1.82) is 0 Å². The minimum Gasteiger partial charge on any atom is -0.315 e. The van der Waals surface area contributed by atoms with Crippen LogP contribution in [0.25, 0.3) is 11.4 Å². The molecule has 0 spiro atoms. The molecule has 1 aliphatic heterocycles. The molecule has 5 rings (SSSR count). The van der Waals surface area contributed by atoms with Crippen LogP contribution in [0, 0.1) is 13.8 Å². The Bertz CT molecular complexity index is 1240. The molecule has 180 valence electrons. The van der Waals surface area contributed by atoms with Gasteiger partial charge in [0.15, 0.2) is 0 Å². The molecule has 2 heterocycles. The summed E-state index contributed by atoms with van der Waals surface area (Å²) < 4.78 is 2.32. The van der Waals surface area contributed by atoms with E-state index in [1.165, 1.54) is 11.3 Å². The highest BCUT2D eigenvalue weighted by atomic mass is 35.5. The first-order valence-corrected chi connectivity index (χ1v) is 12.8. The molecule has 4 nitrogen and oxygen atoms in total. The first kappa shape index (κ1) is 24.1. The largest absolute Gasteiger partial charge is 0.315 e. The molecule has 0 radical (unpaired) electrons. The van der Waals surface area contributed by atoms with Crippen molar-refractivity contribution in [1.82, 2.24) is 19.4 Å². The Morgan fingerprint density at radius 1 is 0.771 bits per heavy atom. The maximum atomic E-state index is 6.68. The van der Waals surface area contributed by atoms with E-state index in [-0.39, 0.29) is 6.04 Å². The van der Waals surface area contributed by atoms with E-state index in [1.807, 2.05) is 30.5 Å². The zero-order chi connectivity index (χ0) is 24.4. The second-order valence-electron chi connectivity index (χ2n) is 9.26. The number of aromatic nitrogens is 2. The van der Waals surface area contributed by atoms with Gasteiger partial charge in [-0.3, -0.25) is 9.80 Å². The number of nitrogens with zero attached hydrogens (tertiary/aromatic N) is 4. The van der Waals surface area contributed by atoms with Gasteiger partial charge in [0.1, 0.15) is 5.82 Å². The summed E-state index contributed by atoms with van der Waals surface area (Å²) in [6, 6.07) is 24.8. The van der Waals surface area contributed by atoms with Gasteiger partial charge in [-0.15, -0.1) is 0 Å². The van der Waals surface area contributed by atoms with Crippen molar-refractivity contribution in [2.45, 2.75) is 26.6 Å². The molecule has 0 unspecified atom stereocenters. The van der Waals surface area contributed by atoms with E-state index in [4.69, 9.17) is 28.2 Å². The lowest BCUT2D eigenvalue weighted by Gasteiger charge is -2.40. The van der Waals surface area contributed by atoms with Gasteiger partial charge in [-0.05, 0) is 37.1 Å². The van der Waals surface area contributed by atoms with Crippen molar-refractivity contribution in [3.8, 4) is 11.4 Å². The summed E-state index contributed by atoms with van der Waals surface area (Å²) in [6.45, 7) is 8.83. The van der Waals surface area contributed by atoms with Crippen LogP contribution in [0.3, 0.4) is 0 Å². The van der Waals surface area contributed by atoms with E-state index < -0.39 is 0 Å². The third-order valence-corrected chi connectivity index (χ3v) is 7.57. The number of hydrogen-bond acceptors (Lipinski definition) is 3. The lowest BCUT2D eigenvalue weighted by atomic mass is 9.96. The summed E-state index contributed by atoms with van der Waals surface area (Å²) >= 11 is 13.4. The van der Waals surface area contributed by atoms with Crippen LogP contribution in [0.1, 0.15) is 28.4 Å². The van der Waals surface area contributed by atoms with Crippen LogP contribution in [0.5, 0.6) is 0 Å². The van der Waals surface area contributed by atoms with Crippen LogP contribution in [-0.4, -0.2) is 45.5 Å². The van der Waals surface area contributed by atoms with Gasteiger partial charge in [0.2, 0.25) is 0 Å². The lowest BCUT2D eigenvalue weighted by Crippen LogP contribution is -2.48. The van der Waals surface area contributed by atoms with Crippen molar-refractivity contribution in [2.75, 3.05) is 26.2 Å². The van der Waals surface area contributed by atoms with Crippen molar-refractivity contribution in [3.63, 3.8) is 0 Å². The molecule has 1 aliphatic rings. The number of benzene rings is 3. The number of imidazole rings is 1. The maximum Gasteiger partial charge on any atom is 0.141 e. The summed E-state index contributed by atoms with van der Waals surface area (Å²) in [7, 11) is 0. The second-order valence-corrected chi connectivity index (χ2v) is 10.1. The molecule has 4 aromatic rings. The third kappa shape index (κ3) is 5.17. The Kier molecular flexibility index (Phi) is 7.26. The van der Waals surface area contributed by atoms with Crippen molar-refractivity contribution >= 4 is 23.2 Å². The quantitative estimate of drug-likeness (QED) is 0.287. The molecule has 35 heavy (non-hydrogen) atoms. The molecule has 1 aromatic heterocycles. The topological polar surface area (TPSA) is 24.3 Å². The number of hydrogen-bond donors (Lipinski definition) is 0. The van der Waals surface area contributed by atoms with Crippen LogP contribution in [0.2, 0.25) is 10.0 Å². The zero-order valence-corrected chi connectivity index (χ0v) is 21.7. The van der Waals surface area contributed by atoms with E-state index in [1.54, 1.807) is 0 Å². The van der Waals surface area contributed by atoms with Crippen LogP contribution >= 0.6 is 23.2 Å². The minimum absolute atomic E-state index is 0.0256. The Morgan fingerprint density at radius 3 is 1.91 bits per heavy atom. The minimum atomic E-state index is 0.0256. The number of piperazine rings is 1. The molecule has 0 atom stereocenters. The molecule has 0 N–H and O–H groups in total. The van der Waals surface area contributed by atoms with Crippen LogP contribution < -0.4 is 0 Å². The molecular formula is C29H30Cl2N4. The van der Waals surface area contributed by atoms with Gasteiger partial charge in [-0.1, -0.05) is 89.4 Å². The molecule has 3 aromatic carbocycles. The molecule has 0 bridgehead atoms. The zero-order valence-electron chi connectivity index (χ0n) is 20.2.